The van der Waals surface area contributed by atoms with Gasteiger partial charge in [-0.1, -0.05) is 0 Å². The number of amides is 2. The molecule has 2 atom stereocenters. The van der Waals surface area contributed by atoms with Crippen LogP contribution in [0.2, 0.25) is 0 Å². The van der Waals surface area contributed by atoms with Crippen LogP contribution in [0.5, 0.6) is 0 Å². The number of esters is 1. The molecule has 2 aliphatic heterocycles. The number of ether oxygens (including phenoxy) is 1. The van der Waals surface area contributed by atoms with E-state index < -0.39 is 11.0 Å². The standard InChI is InChI=1S/C21H27N3O6/c1-3-30-21(27)16-6-4-10-22(13-16)20(26)18-7-5-11-23(18)19(25)15-8-9-17(24(28)29)14(2)12-15/h8-9,12,16,18H,3-7,10-11,13H2,1-2H3. The molecule has 0 aromatic heterocycles. The number of aryl methyl sites for hydroxylation is 1. The third-order valence-corrected chi connectivity index (χ3v) is 5.79. The lowest BCUT2D eigenvalue weighted by molar-refractivity contribution is -0.385. The van der Waals surface area contributed by atoms with Crippen molar-refractivity contribution in [2.45, 2.75) is 45.6 Å². The predicted molar refractivity (Wildman–Crippen MR) is 108 cm³/mol. The molecule has 1 aromatic rings. The van der Waals surface area contributed by atoms with Crippen molar-refractivity contribution in [3.63, 3.8) is 0 Å². The van der Waals surface area contributed by atoms with Crippen molar-refractivity contribution in [1.82, 2.24) is 9.80 Å². The molecule has 2 heterocycles. The molecule has 30 heavy (non-hydrogen) atoms. The summed E-state index contributed by atoms with van der Waals surface area (Å²) in [4.78, 5) is 52.1. The number of carbonyl (C=O) groups excluding carboxylic acids is 3. The first kappa shape index (κ1) is 21.7. The maximum Gasteiger partial charge on any atom is 0.310 e. The van der Waals surface area contributed by atoms with Crippen LogP contribution in [0.3, 0.4) is 0 Å². The third kappa shape index (κ3) is 4.44. The fourth-order valence-electron chi connectivity index (χ4n) is 4.27. The highest BCUT2D eigenvalue weighted by molar-refractivity contribution is 5.98. The Morgan fingerprint density at radius 2 is 1.93 bits per heavy atom. The first-order valence-corrected chi connectivity index (χ1v) is 10.3. The van der Waals surface area contributed by atoms with E-state index in [2.05, 4.69) is 0 Å². The van der Waals surface area contributed by atoms with Gasteiger partial charge in [-0.15, -0.1) is 0 Å². The van der Waals surface area contributed by atoms with Gasteiger partial charge in [0.05, 0.1) is 17.4 Å². The first-order chi connectivity index (χ1) is 14.3. The number of nitro groups is 1. The van der Waals surface area contributed by atoms with Crippen molar-refractivity contribution >= 4 is 23.5 Å². The van der Waals surface area contributed by atoms with Crippen molar-refractivity contribution in [1.29, 1.82) is 0 Å². The molecule has 9 nitrogen and oxygen atoms in total. The van der Waals surface area contributed by atoms with Gasteiger partial charge in [-0.3, -0.25) is 24.5 Å². The second-order valence-corrected chi connectivity index (χ2v) is 7.79. The smallest absolute Gasteiger partial charge is 0.310 e. The Balaban J connectivity index is 1.72. The molecule has 2 aliphatic rings. The number of hydrogen-bond donors (Lipinski definition) is 0. The monoisotopic (exact) mass is 417 g/mol. The summed E-state index contributed by atoms with van der Waals surface area (Å²) in [6.07, 6.45) is 2.69. The van der Waals surface area contributed by atoms with Crippen LogP contribution in [0.25, 0.3) is 0 Å². The summed E-state index contributed by atoms with van der Waals surface area (Å²) >= 11 is 0. The Hall–Kier alpha value is -2.97. The molecule has 3 rings (SSSR count). The minimum atomic E-state index is -0.575. The van der Waals surface area contributed by atoms with Crippen LogP contribution in [-0.4, -0.2) is 64.8 Å². The van der Waals surface area contributed by atoms with E-state index in [4.69, 9.17) is 4.74 Å². The van der Waals surface area contributed by atoms with E-state index in [9.17, 15) is 24.5 Å². The molecule has 2 amide bonds. The molecule has 1 aromatic carbocycles. The summed E-state index contributed by atoms with van der Waals surface area (Å²) < 4.78 is 5.10. The number of likely N-dealkylation sites (tertiary alicyclic amines) is 2. The van der Waals surface area contributed by atoms with Crippen molar-refractivity contribution < 1.29 is 24.0 Å². The van der Waals surface area contributed by atoms with Crippen LogP contribution < -0.4 is 0 Å². The number of nitrogens with zero attached hydrogens (tertiary/aromatic N) is 3. The average Bonchev–Trinajstić information content (AvgIpc) is 3.22. The zero-order chi connectivity index (χ0) is 21.8. The van der Waals surface area contributed by atoms with Gasteiger partial charge in [-0.05, 0) is 51.7 Å². The van der Waals surface area contributed by atoms with Gasteiger partial charge in [-0.2, -0.15) is 0 Å². The molecule has 2 fully saturated rings. The highest BCUT2D eigenvalue weighted by atomic mass is 16.6. The average molecular weight is 417 g/mol. The van der Waals surface area contributed by atoms with Crippen LogP contribution in [0, 0.1) is 23.0 Å². The quantitative estimate of drug-likeness (QED) is 0.413. The van der Waals surface area contributed by atoms with Crippen LogP contribution >= 0.6 is 0 Å². The molecular weight excluding hydrogens is 390 g/mol. The molecule has 2 unspecified atom stereocenters. The molecule has 0 bridgehead atoms. The number of benzene rings is 1. The summed E-state index contributed by atoms with van der Waals surface area (Å²) in [5.41, 5.74) is 0.695. The lowest BCUT2D eigenvalue weighted by atomic mass is 9.97. The van der Waals surface area contributed by atoms with Crippen molar-refractivity contribution in [2.75, 3.05) is 26.2 Å². The summed E-state index contributed by atoms with van der Waals surface area (Å²) in [6, 6.07) is 3.68. The van der Waals surface area contributed by atoms with Gasteiger partial charge in [0.15, 0.2) is 0 Å². The lowest BCUT2D eigenvalue weighted by Crippen LogP contribution is -2.51. The van der Waals surface area contributed by atoms with Crippen LogP contribution in [0.1, 0.15) is 48.5 Å². The number of piperidine rings is 1. The zero-order valence-corrected chi connectivity index (χ0v) is 17.3. The molecule has 0 spiro atoms. The molecule has 2 saturated heterocycles. The maximum atomic E-state index is 13.2. The zero-order valence-electron chi connectivity index (χ0n) is 17.3. The van der Waals surface area contributed by atoms with Gasteiger partial charge in [0, 0.05) is 36.8 Å². The van der Waals surface area contributed by atoms with Gasteiger partial charge in [-0.25, -0.2) is 0 Å². The molecular formula is C21H27N3O6. The SMILES string of the molecule is CCOC(=O)C1CCCN(C(=O)C2CCCN2C(=O)c2ccc([N+](=O)[O-])c(C)c2)C1. The lowest BCUT2D eigenvalue weighted by Gasteiger charge is -2.35. The highest BCUT2D eigenvalue weighted by Crippen LogP contribution is 2.27. The van der Waals surface area contributed by atoms with Crippen molar-refractivity contribution in [3.8, 4) is 0 Å². The molecule has 0 aliphatic carbocycles. The van der Waals surface area contributed by atoms with Gasteiger partial charge in [0.1, 0.15) is 6.04 Å². The Bertz CT molecular complexity index is 855. The second-order valence-electron chi connectivity index (χ2n) is 7.79. The van der Waals surface area contributed by atoms with Crippen molar-refractivity contribution in [2.24, 2.45) is 5.92 Å². The molecule has 9 heteroatoms. The second kappa shape index (κ2) is 9.23. The Morgan fingerprint density at radius 3 is 2.60 bits per heavy atom. The minimum absolute atomic E-state index is 0.0427. The van der Waals surface area contributed by atoms with Crippen LogP contribution in [0.4, 0.5) is 5.69 Å². The number of rotatable bonds is 5. The molecule has 0 saturated carbocycles. The Labute approximate surface area is 175 Å². The predicted octanol–water partition coefficient (Wildman–Crippen LogP) is 2.31. The van der Waals surface area contributed by atoms with Gasteiger partial charge in [0.25, 0.3) is 11.6 Å². The topological polar surface area (TPSA) is 110 Å². The van der Waals surface area contributed by atoms with Crippen molar-refractivity contribution in [3.05, 3.63) is 39.4 Å². The normalized spacial score (nSPS) is 21.4. The van der Waals surface area contributed by atoms with Gasteiger partial charge >= 0.3 is 5.97 Å². The fraction of sp³-hybridized carbons (Fsp3) is 0.571. The van der Waals surface area contributed by atoms with E-state index in [1.165, 1.54) is 18.2 Å². The summed E-state index contributed by atoms with van der Waals surface area (Å²) in [5, 5.41) is 11.0. The van der Waals surface area contributed by atoms with E-state index in [-0.39, 0.29) is 29.4 Å². The van der Waals surface area contributed by atoms with E-state index in [1.54, 1.807) is 23.6 Å². The number of hydrogen-bond acceptors (Lipinski definition) is 6. The largest absolute Gasteiger partial charge is 0.466 e. The highest BCUT2D eigenvalue weighted by Gasteiger charge is 2.39. The fourth-order valence-corrected chi connectivity index (χ4v) is 4.27. The van der Waals surface area contributed by atoms with E-state index in [1.807, 2.05) is 0 Å². The van der Waals surface area contributed by atoms with Crippen LogP contribution in [0.15, 0.2) is 18.2 Å². The summed E-state index contributed by atoms with van der Waals surface area (Å²) in [7, 11) is 0. The van der Waals surface area contributed by atoms with E-state index in [0.29, 0.717) is 56.6 Å². The minimum Gasteiger partial charge on any atom is -0.466 e. The van der Waals surface area contributed by atoms with E-state index in [0.717, 1.165) is 6.42 Å². The van der Waals surface area contributed by atoms with E-state index >= 15 is 0 Å². The summed E-state index contributed by atoms with van der Waals surface area (Å²) in [5.74, 6) is -1.06. The van der Waals surface area contributed by atoms with Gasteiger partial charge in [0.2, 0.25) is 5.91 Å². The maximum absolute atomic E-state index is 13.2. The Morgan fingerprint density at radius 1 is 1.20 bits per heavy atom. The molecule has 0 N–H and O–H groups in total. The number of nitro benzene ring substituents is 1. The van der Waals surface area contributed by atoms with Crippen LogP contribution in [-0.2, 0) is 14.3 Å². The Kier molecular flexibility index (Phi) is 6.69. The number of carbonyl (C=O) groups is 3. The first-order valence-electron chi connectivity index (χ1n) is 10.3. The summed E-state index contributed by atoms with van der Waals surface area (Å²) in [6.45, 7) is 4.98. The molecule has 0 radical (unpaired) electrons. The van der Waals surface area contributed by atoms with Gasteiger partial charge < -0.3 is 14.5 Å². The molecule has 162 valence electrons. The third-order valence-electron chi connectivity index (χ3n) is 5.79.